The number of rotatable bonds is 3. The summed E-state index contributed by atoms with van der Waals surface area (Å²) in [6, 6.07) is 3.71. The van der Waals surface area contributed by atoms with Crippen molar-refractivity contribution < 1.29 is 9.53 Å². The Balaban J connectivity index is 1.96. The highest BCUT2D eigenvalue weighted by molar-refractivity contribution is 5.76. The van der Waals surface area contributed by atoms with Gasteiger partial charge in [0.05, 0.1) is 6.61 Å². The highest BCUT2D eigenvalue weighted by atomic mass is 16.5. The minimum absolute atomic E-state index is 0.114. The lowest BCUT2D eigenvalue weighted by Crippen LogP contribution is -2.37. The maximum atomic E-state index is 11.5. The molecule has 0 spiro atoms. The molecule has 2 heterocycles. The summed E-state index contributed by atoms with van der Waals surface area (Å²) in [7, 11) is 0. The SMILES string of the molecule is CCOC(=O)C1CC(c2cccnc2)NN1. The van der Waals surface area contributed by atoms with E-state index in [2.05, 4.69) is 15.8 Å². The van der Waals surface area contributed by atoms with Gasteiger partial charge in [-0.05, 0) is 25.0 Å². The predicted molar refractivity (Wildman–Crippen MR) is 58.3 cm³/mol. The second kappa shape index (κ2) is 5.05. The molecule has 1 aliphatic heterocycles. The molecule has 0 bridgehead atoms. The van der Waals surface area contributed by atoms with Gasteiger partial charge in [-0.15, -0.1) is 0 Å². The molecule has 16 heavy (non-hydrogen) atoms. The lowest BCUT2D eigenvalue weighted by Gasteiger charge is -2.08. The molecule has 5 nitrogen and oxygen atoms in total. The van der Waals surface area contributed by atoms with Gasteiger partial charge in [-0.3, -0.25) is 9.78 Å². The number of ether oxygens (including phenoxy) is 1. The third-order valence-corrected chi connectivity index (χ3v) is 2.56. The van der Waals surface area contributed by atoms with E-state index in [0.717, 1.165) is 5.56 Å². The van der Waals surface area contributed by atoms with E-state index in [1.54, 1.807) is 19.3 Å². The van der Waals surface area contributed by atoms with Gasteiger partial charge in [-0.1, -0.05) is 6.07 Å². The maximum Gasteiger partial charge on any atom is 0.324 e. The van der Waals surface area contributed by atoms with Crippen LogP contribution in [0.15, 0.2) is 24.5 Å². The van der Waals surface area contributed by atoms with Crippen LogP contribution in [0.4, 0.5) is 0 Å². The summed E-state index contributed by atoms with van der Waals surface area (Å²) in [5.41, 5.74) is 7.08. The third kappa shape index (κ3) is 2.37. The summed E-state index contributed by atoms with van der Waals surface area (Å²) in [6.07, 6.45) is 4.21. The number of nitrogens with zero attached hydrogens (tertiary/aromatic N) is 1. The molecule has 2 rings (SSSR count). The summed E-state index contributed by atoms with van der Waals surface area (Å²) in [5, 5.41) is 0. The Kier molecular flexibility index (Phi) is 3.48. The van der Waals surface area contributed by atoms with E-state index < -0.39 is 0 Å². The average molecular weight is 221 g/mol. The first-order valence-corrected chi connectivity index (χ1v) is 5.39. The average Bonchev–Trinajstić information content (AvgIpc) is 2.80. The molecule has 2 unspecified atom stereocenters. The summed E-state index contributed by atoms with van der Waals surface area (Å²) >= 11 is 0. The Morgan fingerprint density at radius 3 is 3.19 bits per heavy atom. The lowest BCUT2D eigenvalue weighted by molar-refractivity contribution is -0.145. The number of carbonyl (C=O) groups excluding carboxylic acids is 1. The van der Waals surface area contributed by atoms with E-state index in [4.69, 9.17) is 4.74 Å². The zero-order chi connectivity index (χ0) is 11.4. The van der Waals surface area contributed by atoms with E-state index >= 15 is 0 Å². The second-order valence-electron chi connectivity index (χ2n) is 3.67. The van der Waals surface area contributed by atoms with Crippen molar-refractivity contribution in [2.24, 2.45) is 0 Å². The van der Waals surface area contributed by atoms with Gasteiger partial charge in [-0.25, -0.2) is 10.9 Å². The van der Waals surface area contributed by atoms with Gasteiger partial charge in [0, 0.05) is 18.4 Å². The molecular formula is C11H15N3O2. The van der Waals surface area contributed by atoms with E-state index in [1.165, 1.54) is 0 Å². The van der Waals surface area contributed by atoms with Crippen LogP contribution in [0.2, 0.25) is 0 Å². The minimum atomic E-state index is -0.273. The van der Waals surface area contributed by atoms with Gasteiger partial charge in [0.25, 0.3) is 0 Å². The third-order valence-electron chi connectivity index (χ3n) is 2.56. The van der Waals surface area contributed by atoms with Gasteiger partial charge in [0.2, 0.25) is 0 Å². The summed E-state index contributed by atoms with van der Waals surface area (Å²) < 4.78 is 4.95. The molecule has 1 aliphatic rings. The maximum absolute atomic E-state index is 11.5. The van der Waals surface area contributed by atoms with Crippen molar-refractivity contribution in [2.75, 3.05) is 6.61 Å². The van der Waals surface area contributed by atoms with E-state index in [9.17, 15) is 4.79 Å². The normalized spacial score (nSPS) is 24.3. The second-order valence-corrected chi connectivity index (χ2v) is 3.67. The fourth-order valence-electron chi connectivity index (χ4n) is 1.75. The van der Waals surface area contributed by atoms with Crippen molar-refractivity contribution in [3.05, 3.63) is 30.1 Å². The molecule has 86 valence electrons. The van der Waals surface area contributed by atoms with E-state index in [1.807, 2.05) is 12.1 Å². The van der Waals surface area contributed by atoms with Gasteiger partial charge in [0.1, 0.15) is 6.04 Å². The molecular weight excluding hydrogens is 206 g/mol. The molecule has 0 aromatic carbocycles. The number of pyridine rings is 1. The standard InChI is InChI=1S/C11H15N3O2/c1-2-16-11(15)10-6-9(13-14-10)8-4-3-5-12-7-8/h3-5,7,9-10,13-14H,2,6H2,1H3. The predicted octanol–water partition coefficient (Wildman–Crippen LogP) is 0.552. The van der Waals surface area contributed by atoms with Gasteiger partial charge in [0.15, 0.2) is 0 Å². The molecule has 5 heteroatoms. The minimum Gasteiger partial charge on any atom is -0.465 e. The molecule has 1 saturated heterocycles. The van der Waals surface area contributed by atoms with Crippen LogP contribution in [0.5, 0.6) is 0 Å². The quantitative estimate of drug-likeness (QED) is 0.730. The van der Waals surface area contributed by atoms with Crippen molar-refractivity contribution in [1.82, 2.24) is 15.8 Å². The monoisotopic (exact) mass is 221 g/mol. The van der Waals surface area contributed by atoms with Gasteiger partial charge < -0.3 is 4.74 Å². The molecule has 1 aromatic heterocycles. The van der Waals surface area contributed by atoms with Crippen LogP contribution in [0, 0.1) is 0 Å². The largest absolute Gasteiger partial charge is 0.465 e. The molecule has 2 atom stereocenters. The smallest absolute Gasteiger partial charge is 0.324 e. The highest BCUT2D eigenvalue weighted by Crippen LogP contribution is 2.21. The summed E-state index contributed by atoms with van der Waals surface area (Å²) in [4.78, 5) is 15.5. The molecule has 0 radical (unpaired) electrons. The molecule has 1 aromatic rings. The summed E-state index contributed by atoms with van der Waals surface area (Å²) in [6.45, 7) is 2.22. The molecule has 2 N–H and O–H groups in total. The zero-order valence-corrected chi connectivity index (χ0v) is 9.14. The van der Waals surface area contributed by atoms with Crippen LogP contribution in [0.3, 0.4) is 0 Å². The van der Waals surface area contributed by atoms with Gasteiger partial charge >= 0.3 is 5.97 Å². The van der Waals surface area contributed by atoms with E-state index in [-0.39, 0.29) is 18.1 Å². The van der Waals surface area contributed by atoms with Crippen molar-refractivity contribution in [1.29, 1.82) is 0 Å². The fraction of sp³-hybridized carbons (Fsp3) is 0.455. The van der Waals surface area contributed by atoms with Gasteiger partial charge in [-0.2, -0.15) is 0 Å². The Morgan fingerprint density at radius 2 is 2.50 bits per heavy atom. The first kappa shape index (κ1) is 11.0. The molecule has 0 amide bonds. The molecule has 0 saturated carbocycles. The van der Waals surface area contributed by atoms with Crippen molar-refractivity contribution in [3.8, 4) is 0 Å². The first-order chi connectivity index (χ1) is 7.81. The first-order valence-electron chi connectivity index (χ1n) is 5.39. The van der Waals surface area contributed by atoms with E-state index in [0.29, 0.717) is 13.0 Å². The Hall–Kier alpha value is -1.46. The Morgan fingerprint density at radius 1 is 1.62 bits per heavy atom. The Bertz CT molecular complexity index is 356. The number of hydrogen-bond donors (Lipinski definition) is 2. The number of hydrogen-bond acceptors (Lipinski definition) is 5. The zero-order valence-electron chi connectivity index (χ0n) is 9.14. The Labute approximate surface area is 94.2 Å². The number of hydrazine groups is 1. The van der Waals surface area contributed by atoms with Crippen molar-refractivity contribution >= 4 is 5.97 Å². The lowest BCUT2D eigenvalue weighted by atomic mass is 10.0. The highest BCUT2D eigenvalue weighted by Gasteiger charge is 2.30. The van der Waals surface area contributed by atoms with Crippen LogP contribution < -0.4 is 10.9 Å². The molecule has 0 aliphatic carbocycles. The fourth-order valence-corrected chi connectivity index (χ4v) is 1.75. The van der Waals surface area contributed by atoms with Crippen molar-refractivity contribution in [3.63, 3.8) is 0 Å². The van der Waals surface area contributed by atoms with Crippen molar-refractivity contribution in [2.45, 2.75) is 25.4 Å². The van der Waals surface area contributed by atoms with Crippen LogP contribution in [0.1, 0.15) is 24.9 Å². The summed E-state index contributed by atoms with van der Waals surface area (Å²) in [5.74, 6) is -0.207. The topological polar surface area (TPSA) is 63.2 Å². The molecule has 1 fully saturated rings. The van der Waals surface area contributed by atoms with Crippen LogP contribution in [0.25, 0.3) is 0 Å². The van der Waals surface area contributed by atoms with Crippen LogP contribution in [-0.2, 0) is 9.53 Å². The number of esters is 1. The van der Waals surface area contributed by atoms with Crippen LogP contribution in [-0.4, -0.2) is 23.6 Å². The number of carbonyl (C=O) groups is 1. The number of aromatic nitrogens is 1. The van der Waals surface area contributed by atoms with Crippen LogP contribution >= 0.6 is 0 Å². The number of nitrogens with one attached hydrogen (secondary N) is 2.